The monoisotopic (exact) mass is 658 g/mol. The number of aliphatic hydroxyl groups is 1. The summed E-state index contributed by atoms with van der Waals surface area (Å²) in [6.07, 6.45) is 3.10. The van der Waals surface area contributed by atoms with Crippen molar-refractivity contribution in [1.82, 2.24) is 29.4 Å². The van der Waals surface area contributed by atoms with Gasteiger partial charge >= 0.3 is 0 Å². The number of amides is 1. The average Bonchev–Trinajstić information content (AvgIpc) is 3.83. The Morgan fingerprint density at radius 2 is 1.91 bits per heavy atom. The summed E-state index contributed by atoms with van der Waals surface area (Å²) in [4.78, 5) is 19.3. The highest BCUT2D eigenvalue weighted by molar-refractivity contribution is 7.18. The quantitative estimate of drug-likeness (QED) is 0.162. The van der Waals surface area contributed by atoms with Crippen LogP contribution < -0.4 is 4.74 Å². The maximum Gasteiger partial charge on any atom is 0.246 e. The van der Waals surface area contributed by atoms with Gasteiger partial charge in [0.25, 0.3) is 0 Å². The van der Waals surface area contributed by atoms with Gasteiger partial charge < -0.3 is 19.5 Å². The highest BCUT2D eigenvalue weighted by Gasteiger charge is 2.28. The van der Waals surface area contributed by atoms with Gasteiger partial charge in [-0.25, -0.2) is 13.8 Å². The summed E-state index contributed by atoms with van der Waals surface area (Å²) in [6.45, 7) is 5.24. The topological polar surface area (TPSA) is 108 Å². The van der Waals surface area contributed by atoms with Crippen LogP contribution in [0, 0.1) is 11.6 Å². The molecule has 7 rings (SSSR count). The number of nitrogens with zero attached hydrogens (tertiary/aromatic N) is 6. The Labute approximate surface area is 273 Å². The minimum absolute atomic E-state index is 0.0403. The lowest BCUT2D eigenvalue weighted by molar-refractivity contribution is -0.127. The average molecular weight is 659 g/mol. The molecule has 2 aromatic carbocycles. The van der Waals surface area contributed by atoms with Gasteiger partial charge in [-0.3, -0.25) is 14.2 Å². The van der Waals surface area contributed by atoms with Crippen molar-refractivity contribution in [2.24, 2.45) is 7.05 Å². The number of benzene rings is 2. The molecule has 13 heteroatoms. The number of thiophene rings is 1. The number of pyridine rings is 1. The number of aryl methyl sites for hydroxylation is 1. The summed E-state index contributed by atoms with van der Waals surface area (Å²) in [5.41, 5.74) is 4.78. The van der Waals surface area contributed by atoms with Crippen LogP contribution in [0.5, 0.6) is 5.75 Å². The first-order chi connectivity index (χ1) is 22.9. The molecule has 1 aliphatic heterocycles. The summed E-state index contributed by atoms with van der Waals surface area (Å²) >= 11 is 1.43. The van der Waals surface area contributed by atoms with Crippen LogP contribution in [0.2, 0.25) is 0 Å². The van der Waals surface area contributed by atoms with Crippen LogP contribution in [0.1, 0.15) is 5.69 Å². The first-order valence-electron chi connectivity index (χ1n) is 14.7. The Balaban J connectivity index is 0.00000190. The van der Waals surface area contributed by atoms with E-state index in [9.17, 15) is 9.18 Å². The Kier molecular flexibility index (Phi) is 9.12. The van der Waals surface area contributed by atoms with Crippen molar-refractivity contribution >= 4 is 38.2 Å². The molecular weight excluding hydrogens is 626 g/mol. The molecule has 10 nitrogen and oxygen atoms in total. The first-order valence-corrected chi connectivity index (χ1v) is 15.6. The normalized spacial score (nSPS) is 12.6. The van der Waals surface area contributed by atoms with E-state index in [2.05, 4.69) is 11.7 Å². The maximum atomic E-state index is 16.0. The third-order valence-electron chi connectivity index (χ3n) is 7.97. The highest BCUT2D eigenvalue weighted by Crippen LogP contribution is 2.47. The van der Waals surface area contributed by atoms with Crippen LogP contribution in [0.25, 0.3) is 54.8 Å². The second-order valence-electron chi connectivity index (χ2n) is 10.7. The van der Waals surface area contributed by atoms with Crippen molar-refractivity contribution in [3.8, 4) is 39.5 Å². The minimum Gasteiger partial charge on any atom is -0.490 e. The summed E-state index contributed by atoms with van der Waals surface area (Å²) in [7, 11) is 4.41. The second-order valence-corrected chi connectivity index (χ2v) is 11.6. The molecular formula is C34H32F2N6O4S. The fourth-order valence-electron chi connectivity index (χ4n) is 5.81. The zero-order valence-corrected chi connectivity index (χ0v) is 26.9. The van der Waals surface area contributed by atoms with Crippen molar-refractivity contribution in [3.63, 3.8) is 0 Å². The fourth-order valence-corrected chi connectivity index (χ4v) is 6.76. The molecule has 1 amide bonds. The third-order valence-corrected chi connectivity index (χ3v) is 8.90. The molecule has 0 spiro atoms. The molecule has 0 bridgehead atoms. The van der Waals surface area contributed by atoms with Crippen LogP contribution in [0.3, 0.4) is 0 Å². The van der Waals surface area contributed by atoms with Gasteiger partial charge in [0.2, 0.25) is 5.91 Å². The molecule has 5 heterocycles. The zero-order chi connectivity index (χ0) is 33.2. The van der Waals surface area contributed by atoms with Crippen LogP contribution in [0.15, 0.2) is 66.7 Å². The summed E-state index contributed by atoms with van der Waals surface area (Å²) in [5.74, 6) is -1.66. The Hall–Kier alpha value is -4.98. The predicted molar refractivity (Wildman–Crippen MR) is 177 cm³/mol. The minimum atomic E-state index is -0.781. The number of rotatable bonds is 8. The SMILES string of the molecule is C=CC(=O)N1CCn2nc(-c3nc(-c4ccc5c(cnn5C)c4)c4ccsc4c3-c3c(F)cc(F)cc3OCCOC)cc2C1.CO. The van der Waals surface area contributed by atoms with Crippen molar-refractivity contribution < 1.29 is 28.2 Å². The lowest BCUT2D eigenvalue weighted by Gasteiger charge is -2.26. The van der Waals surface area contributed by atoms with Crippen molar-refractivity contribution in [3.05, 3.63) is 84.0 Å². The number of methoxy groups -OCH3 is 1. The number of hydrogen-bond donors (Lipinski definition) is 1. The third kappa shape index (κ3) is 5.88. The van der Waals surface area contributed by atoms with E-state index in [1.165, 1.54) is 30.6 Å². The number of ether oxygens (including phenoxy) is 2. The van der Waals surface area contributed by atoms with Gasteiger partial charge in [-0.1, -0.05) is 12.6 Å². The molecule has 0 unspecified atom stereocenters. The largest absolute Gasteiger partial charge is 0.490 e. The Morgan fingerprint density at radius 3 is 2.70 bits per heavy atom. The first kappa shape index (κ1) is 32.0. The number of carbonyl (C=O) groups is 1. The molecule has 6 aromatic rings. The van der Waals surface area contributed by atoms with Crippen molar-refractivity contribution in [1.29, 1.82) is 0 Å². The van der Waals surface area contributed by atoms with Gasteiger partial charge in [0.05, 0.1) is 48.4 Å². The number of aromatic nitrogens is 5. The lowest BCUT2D eigenvalue weighted by atomic mass is 9.96. The molecule has 0 atom stereocenters. The maximum absolute atomic E-state index is 16.0. The van der Waals surface area contributed by atoms with Crippen molar-refractivity contribution in [2.45, 2.75) is 13.1 Å². The van der Waals surface area contributed by atoms with E-state index < -0.39 is 11.6 Å². The van der Waals surface area contributed by atoms with Gasteiger partial charge in [-0.2, -0.15) is 10.2 Å². The van der Waals surface area contributed by atoms with Gasteiger partial charge in [0.1, 0.15) is 35.4 Å². The van der Waals surface area contributed by atoms with E-state index in [0.29, 0.717) is 42.3 Å². The number of carbonyl (C=O) groups excluding carboxylic acids is 1. The van der Waals surface area contributed by atoms with E-state index >= 15 is 4.39 Å². The summed E-state index contributed by atoms with van der Waals surface area (Å²) < 4.78 is 46.0. The Morgan fingerprint density at radius 1 is 1.09 bits per heavy atom. The standard InChI is InChI=1S/C33H28F2N6O3S.CH4O/c1-4-28(42)40-8-9-41-22(18-40)16-25(38-41)32-30(29-24(35)14-21(34)15-27(29)44-11-10-43-3)33-23(7-12-45-33)31(37-32)19-5-6-26-20(13-19)17-36-39(26)2;1-2/h4-7,12-17H,1,8-11,18H2,2-3H3;2H,1H3. The number of fused-ring (bicyclic) bond motifs is 3. The van der Waals surface area contributed by atoms with Crippen LogP contribution in [-0.4, -0.2) is 74.4 Å². The summed E-state index contributed by atoms with van der Waals surface area (Å²) in [5, 5.41) is 19.9. The molecule has 0 saturated carbocycles. The number of aliphatic hydroxyl groups excluding tert-OH is 1. The van der Waals surface area contributed by atoms with Gasteiger partial charge in [-0.05, 0) is 35.7 Å². The molecule has 47 heavy (non-hydrogen) atoms. The van der Waals surface area contributed by atoms with Crippen LogP contribution >= 0.6 is 11.3 Å². The van der Waals surface area contributed by atoms with Gasteiger partial charge in [-0.15, -0.1) is 11.3 Å². The van der Waals surface area contributed by atoms with Gasteiger partial charge in [0, 0.05) is 66.5 Å². The highest BCUT2D eigenvalue weighted by atomic mass is 32.1. The molecule has 4 aromatic heterocycles. The van der Waals surface area contributed by atoms with E-state index in [4.69, 9.17) is 24.7 Å². The Bertz CT molecular complexity index is 2120. The van der Waals surface area contributed by atoms with E-state index in [1.807, 2.05) is 47.4 Å². The second kappa shape index (κ2) is 13.4. The van der Waals surface area contributed by atoms with Crippen molar-refractivity contribution in [2.75, 3.05) is 34.0 Å². The van der Waals surface area contributed by atoms with E-state index in [-0.39, 0.29) is 30.4 Å². The molecule has 0 saturated heterocycles. The molecule has 1 aliphatic rings. The lowest BCUT2D eigenvalue weighted by Crippen LogP contribution is -2.37. The predicted octanol–water partition coefficient (Wildman–Crippen LogP) is 5.82. The van der Waals surface area contributed by atoms with Gasteiger partial charge in [0.15, 0.2) is 0 Å². The zero-order valence-electron chi connectivity index (χ0n) is 26.0. The van der Waals surface area contributed by atoms with Crippen LogP contribution in [0.4, 0.5) is 8.78 Å². The molecule has 242 valence electrons. The van der Waals surface area contributed by atoms with E-state index in [1.54, 1.807) is 15.8 Å². The molecule has 0 radical (unpaired) electrons. The molecule has 1 N–H and O–H groups in total. The number of hydrogen-bond acceptors (Lipinski definition) is 8. The number of halogens is 2. The molecule has 0 fully saturated rings. The van der Waals surface area contributed by atoms with E-state index in [0.717, 1.165) is 45.4 Å². The molecule has 0 aliphatic carbocycles. The smallest absolute Gasteiger partial charge is 0.246 e. The fraction of sp³-hybridized carbons (Fsp3) is 0.235. The van der Waals surface area contributed by atoms with Crippen LogP contribution in [-0.2, 0) is 29.7 Å². The summed E-state index contributed by atoms with van der Waals surface area (Å²) in [6, 6.07) is 11.9.